The van der Waals surface area contributed by atoms with Crippen molar-refractivity contribution in [1.29, 1.82) is 0 Å². The van der Waals surface area contributed by atoms with Crippen molar-refractivity contribution in [3.05, 3.63) is 89.8 Å². The van der Waals surface area contributed by atoms with E-state index in [9.17, 15) is 18.0 Å². The van der Waals surface area contributed by atoms with Gasteiger partial charge in [0.05, 0.1) is 22.7 Å². The summed E-state index contributed by atoms with van der Waals surface area (Å²) < 4.78 is 32.4. The van der Waals surface area contributed by atoms with E-state index in [4.69, 9.17) is 4.74 Å². The number of ether oxygens (including phenoxy) is 1. The van der Waals surface area contributed by atoms with Crippen molar-refractivity contribution in [3.8, 4) is 16.9 Å². The van der Waals surface area contributed by atoms with Crippen LogP contribution in [0.25, 0.3) is 11.1 Å². The van der Waals surface area contributed by atoms with Crippen LogP contribution in [-0.2, 0) is 14.8 Å². The largest absolute Gasteiger partial charge is 0.497 e. The molecule has 3 aromatic carbocycles. The molecule has 4 rings (SSSR count). The summed E-state index contributed by atoms with van der Waals surface area (Å²) in [7, 11) is -0.798. The Balaban J connectivity index is 1.43. The van der Waals surface area contributed by atoms with Gasteiger partial charge >= 0.3 is 0 Å². The molecule has 4 aromatic rings. The third kappa shape index (κ3) is 5.99. The van der Waals surface area contributed by atoms with Gasteiger partial charge < -0.3 is 15.4 Å². The Kier molecular flexibility index (Phi) is 7.61. The molecule has 1 aromatic heterocycles. The summed E-state index contributed by atoms with van der Waals surface area (Å²) >= 11 is 1.38. The number of nitrogens with one attached hydrogen (secondary N) is 2. The normalized spacial score (nSPS) is 11.0. The average Bonchev–Trinajstić information content (AvgIpc) is 3.36. The van der Waals surface area contributed by atoms with E-state index < -0.39 is 10.0 Å². The van der Waals surface area contributed by atoms with Crippen LogP contribution in [0.1, 0.15) is 17.3 Å². The van der Waals surface area contributed by atoms with Crippen molar-refractivity contribution in [2.24, 2.45) is 0 Å². The van der Waals surface area contributed by atoms with Crippen molar-refractivity contribution in [2.75, 3.05) is 29.1 Å². The Morgan fingerprint density at radius 1 is 0.865 bits per heavy atom. The summed E-state index contributed by atoms with van der Waals surface area (Å²) in [6.45, 7) is 1.45. The molecule has 0 bridgehead atoms. The molecule has 0 aliphatic carbocycles. The summed E-state index contributed by atoms with van der Waals surface area (Å²) in [5.74, 6) is 0.146. The molecule has 2 amide bonds. The summed E-state index contributed by atoms with van der Waals surface area (Å²) in [5.41, 5.74) is 3.40. The number of methoxy groups -OCH3 is 1. The molecule has 0 radical (unpaired) electrons. The number of nitrogens with zero attached hydrogens (tertiary/aromatic N) is 1. The number of benzene rings is 3. The lowest BCUT2D eigenvalue weighted by atomic mass is 10.1. The molecule has 37 heavy (non-hydrogen) atoms. The van der Waals surface area contributed by atoms with Gasteiger partial charge in [-0.15, -0.1) is 11.3 Å². The molecule has 8 nitrogen and oxygen atoms in total. The van der Waals surface area contributed by atoms with E-state index in [1.165, 1.54) is 53.9 Å². The maximum atomic E-state index is 13.0. The number of hydrogen-bond acceptors (Lipinski definition) is 6. The molecule has 2 N–H and O–H groups in total. The molecular weight excluding hydrogens is 510 g/mol. The highest BCUT2D eigenvalue weighted by Gasteiger charge is 2.22. The number of anilines is 3. The molecular formula is C27H25N3O5S2. The van der Waals surface area contributed by atoms with Gasteiger partial charge in [0.2, 0.25) is 5.91 Å². The molecule has 1 heterocycles. The fraction of sp³-hybridized carbons (Fsp3) is 0.111. The molecule has 0 aliphatic heterocycles. The number of amides is 2. The maximum absolute atomic E-state index is 13.0. The fourth-order valence-electron chi connectivity index (χ4n) is 3.55. The molecule has 0 fully saturated rings. The standard InChI is InChI=1S/C27H25N3O5S2/c1-18(31)28-22-8-4-19(5-9-22)21-16-26(36-17-21)29-27(32)20-6-14-25(15-7-20)37(33,34)30(2)23-10-12-24(35-3)13-11-23/h4-17H,1-3H3,(H,28,31)(H,29,32). The first-order valence-electron chi connectivity index (χ1n) is 11.2. The lowest BCUT2D eigenvalue weighted by Crippen LogP contribution is -2.26. The van der Waals surface area contributed by atoms with Gasteiger partial charge in [-0.05, 0) is 77.9 Å². The third-order valence-corrected chi connectivity index (χ3v) is 8.23. The minimum absolute atomic E-state index is 0.0727. The Hall–Kier alpha value is -4.15. The molecule has 0 spiro atoms. The van der Waals surface area contributed by atoms with E-state index in [1.54, 1.807) is 31.4 Å². The Morgan fingerprint density at radius 3 is 2.11 bits per heavy atom. The van der Waals surface area contributed by atoms with Crippen LogP contribution in [0.2, 0.25) is 0 Å². The fourth-order valence-corrected chi connectivity index (χ4v) is 5.55. The first-order chi connectivity index (χ1) is 17.7. The third-order valence-electron chi connectivity index (χ3n) is 5.59. The van der Waals surface area contributed by atoms with Crippen LogP contribution >= 0.6 is 11.3 Å². The van der Waals surface area contributed by atoms with Gasteiger partial charge in [-0.3, -0.25) is 13.9 Å². The van der Waals surface area contributed by atoms with Crippen molar-refractivity contribution >= 4 is 49.6 Å². The number of hydrogen-bond donors (Lipinski definition) is 2. The van der Waals surface area contributed by atoms with Crippen LogP contribution in [0.3, 0.4) is 0 Å². The van der Waals surface area contributed by atoms with E-state index in [2.05, 4.69) is 10.6 Å². The second-order valence-corrected chi connectivity index (χ2v) is 11.0. The zero-order chi connectivity index (χ0) is 26.6. The summed E-state index contributed by atoms with van der Waals surface area (Å²) in [5, 5.41) is 8.16. The molecule has 10 heteroatoms. The topological polar surface area (TPSA) is 105 Å². The number of rotatable bonds is 8. The average molecular weight is 536 g/mol. The van der Waals surface area contributed by atoms with Crippen molar-refractivity contribution in [1.82, 2.24) is 0 Å². The zero-order valence-electron chi connectivity index (χ0n) is 20.4. The number of carbonyl (C=O) groups excluding carboxylic acids is 2. The molecule has 190 valence electrons. The molecule has 0 saturated carbocycles. The van der Waals surface area contributed by atoms with Gasteiger partial charge in [-0.25, -0.2) is 8.42 Å². The predicted octanol–water partition coefficient (Wildman–Crippen LogP) is 5.46. The highest BCUT2D eigenvalue weighted by Crippen LogP contribution is 2.30. The van der Waals surface area contributed by atoms with Crippen LogP contribution in [0.15, 0.2) is 89.1 Å². The predicted molar refractivity (Wildman–Crippen MR) is 147 cm³/mol. The molecule has 0 atom stereocenters. The lowest BCUT2D eigenvalue weighted by Gasteiger charge is -2.20. The van der Waals surface area contributed by atoms with Crippen molar-refractivity contribution < 1.29 is 22.7 Å². The zero-order valence-corrected chi connectivity index (χ0v) is 22.0. The summed E-state index contributed by atoms with van der Waals surface area (Å²) in [6, 6.07) is 21.8. The van der Waals surface area contributed by atoms with E-state index in [0.29, 0.717) is 27.7 Å². The smallest absolute Gasteiger partial charge is 0.264 e. The number of carbonyl (C=O) groups is 2. The highest BCUT2D eigenvalue weighted by atomic mass is 32.2. The summed E-state index contributed by atoms with van der Waals surface area (Å²) in [4.78, 5) is 24.0. The van der Waals surface area contributed by atoms with E-state index in [-0.39, 0.29) is 16.7 Å². The van der Waals surface area contributed by atoms with Crippen LogP contribution in [0.5, 0.6) is 5.75 Å². The minimum atomic E-state index is -3.81. The van der Waals surface area contributed by atoms with Gasteiger partial charge in [0, 0.05) is 30.6 Å². The van der Waals surface area contributed by atoms with Crippen molar-refractivity contribution in [3.63, 3.8) is 0 Å². The molecule has 0 unspecified atom stereocenters. The van der Waals surface area contributed by atoms with Gasteiger partial charge in [-0.1, -0.05) is 12.1 Å². The second-order valence-electron chi connectivity index (χ2n) is 8.11. The van der Waals surface area contributed by atoms with Crippen molar-refractivity contribution in [2.45, 2.75) is 11.8 Å². The Morgan fingerprint density at radius 2 is 1.51 bits per heavy atom. The summed E-state index contributed by atoms with van der Waals surface area (Å²) in [6.07, 6.45) is 0. The highest BCUT2D eigenvalue weighted by molar-refractivity contribution is 7.92. The van der Waals surface area contributed by atoms with Gasteiger partial charge in [-0.2, -0.15) is 0 Å². The first kappa shape index (κ1) is 25.9. The first-order valence-corrected chi connectivity index (χ1v) is 13.5. The Bertz CT molecular complexity index is 1510. The van der Waals surface area contributed by atoms with Gasteiger partial charge in [0.25, 0.3) is 15.9 Å². The van der Waals surface area contributed by atoms with E-state index in [0.717, 1.165) is 11.1 Å². The van der Waals surface area contributed by atoms with Crippen LogP contribution in [-0.4, -0.2) is 34.4 Å². The number of sulfonamides is 1. The van der Waals surface area contributed by atoms with Gasteiger partial charge in [0.1, 0.15) is 5.75 Å². The Labute approximate surface area is 219 Å². The van der Waals surface area contributed by atoms with Gasteiger partial charge in [0.15, 0.2) is 0 Å². The quantitative estimate of drug-likeness (QED) is 0.312. The number of thiophene rings is 1. The molecule has 0 aliphatic rings. The molecule has 0 saturated heterocycles. The van der Waals surface area contributed by atoms with Crippen LogP contribution in [0.4, 0.5) is 16.4 Å². The maximum Gasteiger partial charge on any atom is 0.264 e. The van der Waals surface area contributed by atoms with E-state index in [1.807, 2.05) is 35.7 Å². The second kappa shape index (κ2) is 10.9. The monoisotopic (exact) mass is 535 g/mol. The minimum Gasteiger partial charge on any atom is -0.497 e. The van der Waals surface area contributed by atoms with E-state index >= 15 is 0 Å². The van der Waals surface area contributed by atoms with Crippen LogP contribution in [0, 0.1) is 0 Å². The van der Waals surface area contributed by atoms with Crippen LogP contribution < -0.4 is 19.7 Å². The lowest BCUT2D eigenvalue weighted by molar-refractivity contribution is -0.114. The SMILES string of the molecule is COc1ccc(N(C)S(=O)(=O)c2ccc(C(=O)Nc3cc(-c4ccc(NC(C)=O)cc4)cs3)cc2)cc1.